The van der Waals surface area contributed by atoms with Crippen LogP contribution in [0.25, 0.3) is 0 Å². The molecule has 116 valence electrons. The standard InChI is InChI=1S/C19H29NO/c21-19(16-17-12-14-20-15-13-17)18-10-8-6-4-2-1-3-5-7-9-11-18/h12-15,18H,1-11,16H2. The Hall–Kier alpha value is -1.18. The van der Waals surface area contributed by atoms with E-state index in [0.717, 1.165) is 18.4 Å². The van der Waals surface area contributed by atoms with Gasteiger partial charge in [-0.25, -0.2) is 0 Å². The van der Waals surface area contributed by atoms with Gasteiger partial charge in [0.05, 0.1) is 0 Å². The first-order valence-corrected chi connectivity index (χ1v) is 8.78. The summed E-state index contributed by atoms with van der Waals surface area (Å²) in [5.74, 6) is 0.732. The van der Waals surface area contributed by atoms with Crippen molar-refractivity contribution in [1.82, 2.24) is 4.98 Å². The highest BCUT2D eigenvalue weighted by molar-refractivity contribution is 5.83. The van der Waals surface area contributed by atoms with Crippen LogP contribution in [0.3, 0.4) is 0 Å². The van der Waals surface area contributed by atoms with Gasteiger partial charge in [0.2, 0.25) is 0 Å². The van der Waals surface area contributed by atoms with Crippen LogP contribution in [0.15, 0.2) is 24.5 Å². The fourth-order valence-corrected chi connectivity index (χ4v) is 3.33. The molecule has 2 rings (SSSR count). The van der Waals surface area contributed by atoms with E-state index < -0.39 is 0 Å². The van der Waals surface area contributed by atoms with Crippen LogP contribution in [0.4, 0.5) is 0 Å². The van der Waals surface area contributed by atoms with Crippen LogP contribution in [0, 0.1) is 5.92 Å². The summed E-state index contributed by atoms with van der Waals surface area (Å²) in [4.78, 5) is 16.6. The van der Waals surface area contributed by atoms with Crippen LogP contribution >= 0.6 is 0 Å². The molecule has 0 N–H and O–H groups in total. The number of carbonyl (C=O) groups is 1. The number of hydrogen-bond acceptors (Lipinski definition) is 2. The smallest absolute Gasteiger partial charge is 0.140 e. The van der Waals surface area contributed by atoms with Crippen molar-refractivity contribution in [2.45, 2.75) is 77.0 Å². The predicted molar refractivity (Wildman–Crippen MR) is 87.2 cm³/mol. The fraction of sp³-hybridized carbons (Fsp3) is 0.684. The molecule has 0 saturated heterocycles. The first-order valence-electron chi connectivity index (χ1n) is 8.78. The highest BCUT2D eigenvalue weighted by Gasteiger charge is 2.18. The maximum absolute atomic E-state index is 12.6. The Balaban J connectivity index is 1.85. The third kappa shape index (κ3) is 6.41. The second kappa shape index (κ2) is 9.70. The lowest BCUT2D eigenvalue weighted by atomic mass is 9.87. The summed E-state index contributed by atoms with van der Waals surface area (Å²) in [5, 5.41) is 0. The lowest BCUT2D eigenvalue weighted by Crippen LogP contribution is -2.17. The molecule has 1 saturated carbocycles. The van der Waals surface area contributed by atoms with E-state index >= 15 is 0 Å². The molecule has 1 aliphatic carbocycles. The number of nitrogens with zero attached hydrogens (tertiary/aromatic N) is 1. The highest BCUT2D eigenvalue weighted by Crippen LogP contribution is 2.23. The Bertz CT molecular complexity index is 389. The van der Waals surface area contributed by atoms with Gasteiger partial charge in [-0.1, -0.05) is 57.8 Å². The molecule has 0 atom stereocenters. The first kappa shape index (κ1) is 16.2. The molecule has 1 heterocycles. The third-order valence-electron chi connectivity index (χ3n) is 4.69. The van der Waals surface area contributed by atoms with Gasteiger partial charge in [0, 0.05) is 24.7 Å². The number of aromatic nitrogens is 1. The zero-order chi connectivity index (χ0) is 14.8. The summed E-state index contributed by atoms with van der Waals surface area (Å²) >= 11 is 0. The summed E-state index contributed by atoms with van der Waals surface area (Å²) in [6, 6.07) is 3.93. The number of rotatable bonds is 3. The molecule has 2 nitrogen and oxygen atoms in total. The number of pyridine rings is 1. The van der Waals surface area contributed by atoms with Crippen LogP contribution in [-0.2, 0) is 11.2 Å². The van der Waals surface area contributed by atoms with Crippen molar-refractivity contribution in [2.75, 3.05) is 0 Å². The molecule has 0 radical (unpaired) electrons. The minimum Gasteiger partial charge on any atom is -0.299 e. The molecule has 1 aromatic rings. The van der Waals surface area contributed by atoms with Gasteiger partial charge >= 0.3 is 0 Å². The molecule has 0 aliphatic heterocycles. The van der Waals surface area contributed by atoms with Gasteiger partial charge in [-0.3, -0.25) is 9.78 Å². The summed E-state index contributed by atoms with van der Waals surface area (Å²) in [5.41, 5.74) is 1.11. The van der Waals surface area contributed by atoms with E-state index in [4.69, 9.17) is 0 Å². The SMILES string of the molecule is O=C(Cc1ccncc1)C1CCCCCCCCCCC1. The largest absolute Gasteiger partial charge is 0.299 e. The Kier molecular flexibility index (Phi) is 7.48. The maximum Gasteiger partial charge on any atom is 0.140 e. The minimum absolute atomic E-state index is 0.289. The van der Waals surface area contributed by atoms with Crippen LogP contribution < -0.4 is 0 Å². The van der Waals surface area contributed by atoms with Gasteiger partial charge < -0.3 is 0 Å². The Morgan fingerprint density at radius 2 is 1.33 bits per heavy atom. The van der Waals surface area contributed by atoms with E-state index in [2.05, 4.69) is 4.98 Å². The second-order valence-electron chi connectivity index (χ2n) is 6.45. The van der Waals surface area contributed by atoms with Gasteiger partial charge in [-0.05, 0) is 30.5 Å². The molecule has 1 aromatic heterocycles. The van der Waals surface area contributed by atoms with Gasteiger partial charge in [-0.2, -0.15) is 0 Å². The topological polar surface area (TPSA) is 30.0 Å². The lowest BCUT2D eigenvalue weighted by molar-refractivity contribution is -0.122. The molecule has 0 spiro atoms. The quantitative estimate of drug-likeness (QED) is 0.773. The summed E-state index contributed by atoms with van der Waals surface area (Å²) < 4.78 is 0. The van der Waals surface area contributed by atoms with Crippen LogP contribution in [-0.4, -0.2) is 10.8 Å². The minimum atomic E-state index is 0.289. The zero-order valence-electron chi connectivity index (χ0n) is 13.2. The third-order valence-corrected chi connectivity index (χ3v) is 4.69. The molecule has 1 fully saturated rings. The predicted octanol–water partition coefficient (Wildman–Crippen LogP) is 5.11. The Morgan fingerprint density at radius 3 is 1.86 bits per heavy atom. The van der Waals surface area contributed by atoms with E-state index in [1.54, 1.807) is 12.4 Å². The lowest BCUT2D eigenvalue weighted by Gasteiger charge is -2.17. The van der Waals surface area contributed by atoms with Crippen molar-refractivity contribution in [1.29, 1.82) is 0 Å². The zero-order valence-corrected chi connectivity index (χ0v) is 13.2. The van der Waals surface area contributed by atoms with Crippen LogP contribution in [0.2, 0.25) is 0 Å². The summed E-state index contributed by atoms with van der Waals surface area (Å²) in [6.45, 7) is 0. The number of hydrogen-bond donors (Lipinski definition) is 0. The van der Waals surface area contributed by atoms with Crippen molar-refractivity contribution in [3.05, 3.63) is 30.1 Å². The van der Waals surface area contributed by atoms with Gasteiger partial charge in [0.25, 0.3) is 0 Å². The normalized spacial score (nSPS) is 19.4. The number of ketones is 1. The molecule has 0 unspecified atom stereocenters. The first-order chi connectivity index (χ1) is 10.4. The molecule has 0 amide bonds. The van der Waals surface area contributed by atoms with Crippen molar-refractivity contribution in [3.63, 3.8) is 0 Å². The average molecular weight is 287 g/mol. The summed E-state index contributed by atoms with van der Waals surface area (Å²) in [6.07, 6.45) is 18.3. The second-order valence-corrected chi connectivity index (χ2v) is 6.45. The van der Waals surface area contributed by atoms with E-state index in [1.165, 1.54) is 57.8 Å². The highest BCUT2D eigenvalue weighted by atomic mass is 16.1. The molecular weight excluding hydrogens is 258 g/mol. The molecule has 0 bridgehead atoms. The fourth-order valence-electron chi connectivity index (χ4n) is 3.33. The Morgan fingerprint density at radius 1 is 0.857 bits per heavy atom. The van der Waals surface area contributed by atoms with Crippen molar-refractivity contribution in [2.24, 2.45) is 5.92 Å². The monoisotopic (exact) mass is 287 g/mol. The van der Waals surface area contributed by atoms with Crippen molar-refractivity contribution in [3.8, 4) is 0 Å². The number of Topliss-reactive ketones (excluding diaryl/α,β-unsaturated/α-hetero) is 1. The van der Waals surface area contributed by atoms with E-state index in [-0.39, 0.29) is 5.92 Å². The van der Waals surface area contributed by atoms with Gasteiger partial charge in [0.1, 0.15) is 5.78 Å². The molecule has 0 aromatic carbocycles. The molecule has 2 heteroatoms. The molecule has 21 heavy (non-hydrogen) atoms. The van der Waals surface area contributed by atoms with Crippen molar-refractivity contribution >= 4 is 5.78 Å². The maximum atomic E-state index is 12.6. The van der Waals surface area contributed by atoms with Gasteiger partial charge in [-0.15, -0.1) is 0 Å². The van der Waals surface area contributed by atoms with Gasteiger partial charge in [0.15, 0.2) is 0 Å². The number of carbonyl (C=O) groups excluding carboxylic acids is 1. The Labute approximate surface area is 129 Å². The van der Waals surface area contributed by atoms with E-state index in [1.807, 2.05) is 12.1 Å². The average Bonchev–Trinajstić information content (AvgIpc) is 2.49. The molecule has 1 aliphatic rings. The van der Waals surface area contributed by atoms with E-state index in [0.29, 0.717) is 12.2 Å². The van der Waals surface area contributed by atoms with Crippen molar-refractivity contribution < 1.29 is 4.79 Å². The molecular formula is C19H29NO. The van der Waals surface area contributed by atoms with Crippen LogP contribution in [0.1, 0.15) is 76.2 Å². The van der Waals surface area contributed by atoms with E-state index in [9.17, 15) is 4.79 Å². The van der Waals surface area contributed by atoms with Crippen LogP contribution in [0.5, 0.6) is 0 Å². The summed E-state index contributed by atoms with van der Waals surface area (Å²) in [7, 11) is 0.